The Labute approximate surface area is 239 Å². The Balaban J connectivity index is 1.55. The maximum atomic E-state index is 11.9. The zero-order valence-corrected chi connectivity index (χ0v) is 22.1. The molecule has 4 aromatic carbocycles. The number of phenolic OH excluding ortho intramolecular Hbond substituents is 7. The summed E-state index contributed by atoms with van der Waals surface area (Å²) in [5, 5.41) is 95.0. The fourth-order valence-electron chi connectivity index (χ4n) is 5.94. The number of benzene rings is 4. The van der Waals surface area contributed by atoms with Gasteiger partial charge in [-0.05, 0) is 53.9 Å². The van der Waals surface area contributed by atoms with Crippen molar-refractivity contribution in [2.75, 3.05) is 0 Å². The predicted molar refractivity (Wildman–Crippen MR) is 146 cm³/mol. The highest BCUT2D eigenvalue weighted by atomic mass is 16.5. The van der Waals surface area contributed by atoms with E-state index >= 15 is 0 Å². The third kappa shape index (κ3) is 4.30. The highest BCUT2D eigenvalue weighted by Crippen LogP contribution is 2.56. The van der Waals surface area contributed by atoms with Crippen molar-refractivity contribution in [1.29, 1.82) is 0 Å². The minimum atomic E-state index is -1.43. The summed E-state index contributed by atoms with van der Waals surface area (Å²) in [5.41, 5.74) is 1.76. The molecule has 9 N–H and O–H groups in total. The van der Waals surface area contributed by atoms with Crippen molar-refractivity contribution in [3.05, 3.63) is 88.0 Å². The molecule has 11 heteroatoms. The number of hydrogen-bond donors (Lipinski definition) is 9. The molecule has 2 aliphatic rings. The van der Waals surface area contributed by atoms with Gasteiger partial charge in [-0.25, -0.2) is 0 Å². The standard InChI is InChI=1S/C31H28O11/c1-12-6-15(32)9-24-25(12)27(28(40)30(41-24)14-3-5-18(34)21(37)8-14)26-22(38)11-19(35)16-10-23(39)29(42-31(16)26)13-2-4-17(33)20(36)7-13/h2-9,11,23,27-30,32-40H,10H2,1H3/t23?,27-,28?,29+,30+/m0/s1. The van der Waals surface area contributed by atoms with Crippen LogP contribution in [0.4, 0.5) is 0 Å². The number of hydrogen-bond acceptors (Lipinski definition) is 11. The molecule has 0 bridgehead atoms. The van der Waals surface area contributed by atoms with Gasteiger partial charge in [0.1, 0.15) is 41.0 Å². The highest BCUT2D eigenvalue weighted by Gasteiger charge is 2.45. The van der Waals surface area contributed by atoms with Crippen LogP contribution in [-0.4, -0.2) is 58.2 Å². The molecule has 42 heavy (non-hydrogen) atoms. The molecule has 5 atom stereocenters. The van der Waals surface area contributed by atoms with Crippen LogP contribution in [-0.2, 0) is 6.42 Å². The summed E-state index contributed by atoms with van der Waals surface area (Å²) in [6.45, 7) is 1.69. The first-order chi connectivity index (χ1) is 19.9. The van der Waals surface area contributed by atoms with Crippen molar-refractivity contribution in [3.8, 4) is 51.7 Å². The van der Waals surface area contributed by atoms with Gasteiger partial charge in [0.2, 0.25) is 0 Å². The van der Waals surface area contributed by atoms with Crippen LogP contribution in [0.15, 0.2) is 54.6 Å². The van der Waals surface area contributed by atoms with E-state index in [0.29, 0.717) is 16.7 Å². The van der Waals surface area contributed by atoms with Gasteiger partial charge in [-0.2, -0.15) is 0 Å². The van der Waals surface area contributed by atoms with Gasteiger partial charge in [-0.15, -0.1) is 0 Å². The van der Waals surface area contributed by atoms with Crippen LogP contribution >= 0.6 is 0 Å². The molecule has 0 aromatic heterocycles. The SMILES string of the molecule is Cc1cc(O)cc2c1[C@@H](c1c(O)cc(O)c3c1O[C@H](c1ccc(O)c(O)c1)C(O)C3)C(O)[C@@H](c1ccc(O)c(O)c1)O2. The fraction of sp³-hybridized carbons (Fsp3) is 0.226. The summed E-state index contributed by atoms with van der Waals surface area (Å²) >= 11 is 0. The highest BCUT2D eigenvalue weighted by molar-refractivity contribution is 5.65. The van der Waals surface area contributed by atoms with E-state index in [2.05, 4.69) is 0 Å². The zero-order valence-electron chi connectivity index (χ0n) is 22.1. The van der Waals surface area contributed by atoms with E-state index in [1.165, 1.54) is 48.5 Å². The van der Waals surface area contributed by atoms with Gasteiger partial charge in [0, 0.05) is 35.2 Å². The van der Waals surface area contributed by atoms with Crippen LogP contribution in [0, 0.1) is 6.92 Å². The van der Waals surface area contributed by atoms with Gasteiger partial charge in [0.05, 0.1) is 12.0 Å². The smallest absolute Gasteiger partial charge is 0.157 e. The van der Waals surface area contributed by atoms with Crippen molar-refractivity contribution in [3.63, 3.8) is 0 Å². The van der Waals surface area contributed by atoms with Crippen LogP contribution in [0.3, 0.4) is 0 Å². The van der Waals surface area contributed by atoms with Crippen molar-refractivity contribution in [2.45, 2.75) is 43.7 Å². The van der Waals surface area contributed by atoms with Gasteiger partial charge in [-0.3, -0.25) is 0 Å². The van der Waals surface area contributed by atoms with Crippen molar-refractivity contribution >= 4 is 0 Å². The molecule has 4 aromatic rings. The monoisotopic (exact) mass is 576 g/mol. The molecule has 0 saturated heterocycles. The van der Waals surface area contributed by atoms with Crippen LogP contribution in [0.1, 0.15) is 51.5 Å². The average Bonchev–Trinajstić information content (AvgIpc) is 2.93. The zero-order chi connectivity index (χ0) is 30.0. The molecule has 218 valence electrons. The summed E-state index contributed by atoms with van der Waals surface area (Å²) in [4.78, 5) is 0. The molecule has 11 nitrogen and oxygen atoms in total. The van der Waals surface area contributed by atoms with Crippen LogP contribution in [0.5, 0.6) is 51.7 Å². The molecule has 0 amide bonds. The predicted octanol–water partition coefficient (Wildman–Crippen LogP) is 3.60. The molecule has 6 rings (SSSR count). The Hall–Kier alpha value is -5.00. The quantitative estimate of drug-likeness (QED) is 0.161. The normalized spacial score (nSPS) is 22.9. The number of rotatable bonds is 3. The number of aryl methyl sites for hydroxylation is 1. The maximum Gasteiger partial charge on any atom is 0.157 e. The van der Waals surface area contributed by atoms with E-state index < -0.39 is 47.6 Å². The lowest BCUT2D eigenvalue weighted by Crippen LogP contribution is -2.37. The molecule has 2 aliphatic heterocycles. The number of fused-ring (bicyclic) bond motifs is 2. The van der Waals surface area contributed by atoms with Gasteiger partial charge < -0.3 is 55.4 Å². The first kappa shape index (κ1) is 27.2. The average molecular weight is 577 g/mol. The minimum Gasteiger partial charge on any atom is -0.508 e. The summed E-state index contributed by atoms with van der Waals surface area (Å²) in [5.74, 6) is -3.41. The van der Waals surface area contributed by atoms with Crippen LogP contribution in [0.25, 0.3) is 0 Å². The molecule has 0 saturated carbocycles. The number of aliphatic hydroxyl groups excluding tert-OH is 2. The number of ether oxygens (including phenoxy) is 2. The van der Waals surface area contributed by atoms with Gasteiger partial charge in [0.15, 0.2) is 29.1 Å². The van der Waals surface area contributed by atoms with Gasteiger partial charge >= 0.3 is 0 Å². The fourth-order valence-corrected chi connectivity index (χ4v) is 5.94. The summed E-state index contributed by atoms with van der Waals surface area (Å²) in [6.07, 6.45) is -4.99. The molecular weight excluding hydrogens is 548 g/mol. The Kier molecular flexibility index (Phi) is 6.36. The molecule has 0 fully saturated rings. The Morgan fingerprint density at radius 3 is 1.86 bits per heavy atom. The Bertz CT molecular complexity index is 1720. The van der Waals surface area contributed by atoms with Gasteiger partial charge in [0.25, 0.3) is 0 Å². The van der Waals surface area contributed by atoms with E-state index in [4.69, 9.17) is 9.47 Å². The maximum absolute atomic E-state index is 11.9. The second-order valence-corrected chi connectivity index (χ2v) is 10.6. The Morgan fingerprint density at radius 2 is 1.24 bits per heavy atom. The van der Waals surface area contributed by atoms with Crippen molar-refractivity contribution in [2.24, 2.45) is 0 Å². The van der Waals surface area contributed by atoms with Crippen molar-refractivity contribution in [1.82, 2.24) is 0 Å². The lowest BCUT2D eigenvalue weighted by atomic mass is 9.76. The van der Waals surface area contributed by atoms with E-state index in [9.17, 15) is 46.0 Å². The minimum absolute atomic E-state index is 0.00737. The molecule has 0 radical (unpaired) electrons. The van der Waals surface area contributed by atoms with Crippen LogP contribution in [0.2, 0.25) is 0 Å². The van der Waals surface area contributed by atoms with E-state index in [-0.39, 0.29) is 57.6 Å². The van der Waals surface area contributed by atoms with Crippen molar-refractivity contribution < 1.29 is 55.4 Å². The second-order valence-electron chi connectivity index (χ2n) is 10.6. The first-order valence-corrected chi connectivity index (χ1v) is 13.1. The molecule has 0 aliphatic carbocycles. The van der Waals surface area contributed by atoms with E-state index in [0.717, 1.165) is 6.07 Å². The molecule has 2 heterocycles. The summed E-state index contributed by atoms with van der Waals surface area (Å²) in [7, 11) is 0. The summed E-state index contributed by atoms with van der Waals surface area (Å²) < 4.78 is 12.3. The lowest BCUT2D eigenvalue weighted by Gasteiger charge is -2.40. The van der Waals surface area contributed by atoms with Crippen LogP contribution < -0.4 is 9.47 Å². The van der Waals surface area contributed by atoms with E-state index in [1.54, 1.807) is 6.92 Å². The first-order valence-electron chi connectivity index (χ1n) is 13.1. The molecule has 0 spiro atoms. The largest absolute Gasteiger partial charge is 0.508 e. The van der Waals surface area contributed by atoms with Gasteiger partial charge in [-0.1, -0.05) is 12.1 Å². The molecule has 2 unspecified atom stereocenters. The number of phenols is 7. The number of aliphatic hydroxyl groups is 2. The second kappa shape index (κ2) is 9.82. The lowest BCUT2D eigenvalue weighted by molar-refractivity contribution is 0.00166. The number of aromatic hydroxyl groups is 7. The topological polar surface area (TPSA) is 201 Å². The van der Waals surface area contributed by atoms with E-state index in [1.807, 2.05) is 0 Å². The summed E-state index contributed by atoms with van der Waals surface area (Å²) in [6, 6.07) is 11.8. The Morgan fingerprint density at radius 1 is 0.619 bits per heavy atom. The third-order valence-electron chi connectivity index (χ3n) is 7.90. The molecular formula is C31H28O11. The third-order valence-corrected chi connectivity index (χ3v) is 7.90.